The summed E-state index contributed by atoms with van der Waals surface area (Å²) in [5.74, 6) is 0. The summed E-state index contributed by atoms with van der Waals surface area (Å²) in [5, 5.41) is 0. The van der Waals surface area contributed by atoms with Gasteiger partial charge in [0.1, 0.15) is 0 Å². The first-order chi connectivity index (χ1) is 5.43. The first-order valence-electron chi connectivity index (χ1n) is 4.90. The quantitative estimate of drug-likeness (QED) is 0.422. The van der Waals surface area contributed by atoms with Crippen molar-refractivity contribution in [3.8, 4) is 0 Å². The minimum Gasteiger partial charge on any atom is -0.0853 e. The number of hydrogen-bond donors (Lipinski definition) is 0. The Labute approximate surface area is 70.7 Å². The zero-order valence-electron chi connectivity index (χ0n) is 7.44. The van der Waals surface area contributed by atoms with Crippen molar-refractivity contribution in [1.82, 2.24) is 0 Å². The average molecular weight is 151 g/mol. The Balaban J connectivity index is 2.09. The van der Waals surface area contributed by atoms with Crippen molar-refractivity contribution in [1.29, 1.82) is 0 Å². The molecule has 0 atom stereocenters. The molecule has 0 saturated carbocycles. The molecule has 1 rings (SSSR count). The molecule has 0 amide bonds. The second-order valence-corrected chi connectivity index (χ2v) is 3.42. The Bertz CT molecular complexity index is 122. The average Bonchev–Trinajstić information content (AvgIpc) is 2.07. The van der Waals surface area contributed by atoms with E-state index < -0.39 is 0 Å². The van der Waals surface area contributed by atoms with Crippen LogP contribution in [-0.4, -0.2) is 0 Å². The second-order valence-electron chi connectivity index (χ2n) is 3.42. The van der Waals surface area contributed by atoms with E-state index in [2.05, 4.69) is 13.0 Å². The lowest BCUT2D eigenvalue weighted by Gasteiger charge is -2.11. The lowest BCUT2D eigenvalue weighted by atomic mass is 9.95. The van der Waals surface area contributed by atoms with Crippen molar-refractivity contribution >= 4 is 0 Å². The van der Waals surface area contributed by atoms with Crippen LogP contribution in [0.25, 0.3) is 0 Å². The summed E-state index contributed by atoms with van der Waals surface area (Å²) in [6.45, 7) is 3.85. The van der Waals surface area contributed by atoms with Crippen molar-refractivity contribution in [3.05, 3.63) is 18.6 Å². The Morgan fingerprint density at radius 1 is 1.27 bits per heavy atom. The Morgan fingerprint density at radius 2 is 2.18 bits per heavy atom. The van der Waals surface area contributed by atoms with Crippen LogP contribution in [0.4, 0.5) is 0 Å². The lowest BCUT2D eigenvalue weighted by molar-refractivity contribution is 0.646. The first-order valence-corrected chi connectivity index (χ1v) is 4.90. The van der Waals surface area contributed by atoms with Gasteiger partial charge in [-0.3, -0.25) is 0 Å². The number of allylic oxidation sites excluding steroid dienone is 2. The highest BCUT2D eigenvalue weighted by molar-refractivity contribution is 5.04. The normalized spacial score (nSPS) is 18.1. The van der Waals surface area contributed by atoms with Gasteiger partial charge >= 0.3 is 0 Å². The third kappa shape index (κ3) is 3.60. The standard InChI is InChI=1S/C11H19/c1-2-3-5-8-11-9-6-4-7-10-11/h9H,1-8,10H2. The summed E-state index contributed by atoms with van der Waals surface area (Å²) in [7, 11) is 0. The van der Waals surface area contributed by atoms with Gasteiger partial charge in [0.15, 0.2) is 0 Å². The molecule has 0 nitrogen and oxygen atoms in total. The molecule has 0 heteroatoms. The van der Waals surface area contributed by atoms with E-state index in [0.717, 1.165) is 6.42 Å². The molecule has 0 spiro atoms. The summed E-state index contributed by atoms with van der Waals surface area (Å²) >= 11 is 0. The van der Waals surface area contributed by atoms with Gasteiger partial charge in [0.2, 0.25) is 0 Å². The third-order valence-corrected chi connectivity index (χ3v) is 2.38. The van der Waals surface area contributed by atoms with E-state index in [1.807, 2.05) is 0 Å². The van der Waals surface area contributed by atoms with Gasteiger partial charge in [0.25, 0.3) is 0 Å². The van der Waals surface area contributed by atoms with Crippen LogP contribution in [0.2, 0.25) is 0 Å². The van der Waals surface area contributed by atoms with Gasteiger partial charge in [-0.1, -0.05) is 31.4 Å². The molecular weight excluding hydrogens is 132 g/mol. The molecule has 1 aliphatic carbocycles. The fourth-order valence-electron chi connectivity index (χ4n) is 1.66. The molecule has 0 heterocycles. The van der Waals surface area contributed by atoms with Crippen LogP contribution in [0, 0.1) is 6.92 Å². The molecule has 0 saturated heterocycles. The number of unbranched alkanes of at least 4 members (excludes halogenated alkanes) is 2. The van der Waals surface area contributed by atoms with Crippen molar-refractivity contribution in [2.45, 2.75) is 51.4 Å². The van der Waals surface area contributed by atoms with Crippen LogP contribution in [0.5, 0.6) is 0 Å². The maximum absolute atomic E-state index is 3.85. The highest BCUT2D eigenvalue weighted by Crippen LogP contribution is 2.21. The van der Waals surface area contributed by atoms with Crippen molar-refractivity contribution in [2.24, 2.45) is 0 Å². The molecule has 11 heavy (non-hydrogen) atoms. The maximum Gasteiger partial charge on any atom is -0.0320 e. The van der Waals surface area contributed by atoms with E-state index >= 15 is 0 Å². The Hall–Kier alpha value is -0.260. The second kappa shape index (κ2) is 5.40. The number of hydrogen-bond acceptors (Lipinski definition) is 0. The zero-order valence-corrected chi connectivity index (χ0v) is 7.44. The van der Waals surface area contributed by atoms with E-state index in [4.69, 9.17) is 0 Å². The molecule has 0 aromatic rings. The van der Waals surface area contributed by atoms with E-state index in [0.29, 0.717) is 0 Å². The summed E-state index contributed by atoms with van der Waals surface area (Å²) in [6.07, 6.45) is 13.1. The highest BCUT2D eigenvalue weighted by atomic mass is 14.1. The highest BCUT2D eigenvalue weighted by Gasteiger charge is 2.01. The van der Waals surface area contributed by atoms with Gasteiger partial charge in [-0.05, 0) is 38.5 Å². The van der Waals surface area contributed by atoms with E-state index in [1.165, 1.54) is 44.9 Å². The van der Waals surface area contributed by atoms with E-state index in [1.54, 1.807) is 5.57 Å². The first kappa shape index (κ1) is 8.83. The fraction of sp³-hybridized carbons (Fsp3) is 0.727. The molecule has 0 unspecified atom stereocenters. The monoisotopic (exact) mass is 151 g/mol. The molecule has 1 aliphatic rings. The molecular formula is C11H19. The molecule has 0 fully saturated rings. The Morgan fingerprint density at radius 3 is 2.82 bits per heavy atom. The fourth-order valence-corrected chi connectivity index (χ4v) is 1.66. The van der Waals surface area contributed by atoms with Crippen molar-refractivity contribution in [2.75, 3.05) is 0 Å². The Kier molecular flexibility index (Phi) is 4.33. The molecule has 63 valence electrons. The smallest absolute Gasteiger partial charge is 0.0320 e. The summed E-state index contributed by atoms with van der Waals surface area (Å²) in [4.78, 5) is 0. The van der Waals surface area contributed by atoms with Crippen LogP contribution >= 0.6 is 0 Å². The van der Waals surface area contributed by atoms with Crippen molar-refractivity contribution in [3.63, 3.8) is 0 Å². The van der Waals surface area contributed by atoms with Gasteiger partial charge in [-0.2, -0.15) is 0 Å². The van der Waals surface area contributed by atoms with Gasteiger partial charge in [0.05, 0.1) is 0 Å². The van der Waals surface area contributed by atoms with Crippen LogP contribution in [0.3, 0.4) is 0 Å². The lowest BCUT2D eigenvalue weighted by Crippen LogP contribution is -1.91. The minimum absolute atomic E-state index is 1.10. The third-order valence-electron chi connectivity index (χ3n) is 2.38. The van der Waals surface area contributed by atoms with Crippen LogP contribution in [-0.2, 0) is 0 Å². The van der Waals surface area contributed by atoms with Crippen LogP contribution < -0.4 is 0 Å². The van der Waals surface area contributed by atoms with Gasteiger partial charge in [-0.15, -0.1) is 0 Å². The van der Waals surface area contributed by atoms with Crippen LogP contribution in [0.1, 0.15) is 51.4 Å². The predicted octanol–water partition coefficient (Wildman–Crippen LogP) is 3.88. The molecule has 0 aromatic carbocycles. The van der Waals surface area contributed by atoms with Gasteiger partial charge in [-0.25, -0.2) is 0 Å². The molecule has 0 N–H and O–H groups in total. The largest absolute Gasteiger partial charge is 0.0853 e. The van der Waals surface area contributed by atoms with E-state index in [-0.39, 0.29) is 0 Å². The summed E-state index contributed by atoms with van der Waals surface area (Å²) in [5.41, 5.74) is 1.71. The van der Waals surface area contributed by atoms with Crippen LogP contribution in [0.15, 0.2) is 11.6 Å². The summed E-state index contributed by atoms with van der Waals surface area (Å²) in [6, 6.07) is 0. The summed E-state index contributed by atoms with van der Waals surface area (Å²) < 4.78 is 0. The van der Waals surface area contributed by atoms with Gasteiger partial charge < -0.3 is 0 Å². The zero-order chi connectivity index (χ0) is 7.94. The molecule has 0 aromatic heterocycles. The molecule has 0 bridgehead atoms. The van der Waals surface area contributed by atoms with Gasteiger partial charge in [0, 0.05) is 0 Å². The predicted molar refractivity (Wildman–Crippen MR) is 50.4 cm³/mol. The minimum atomic E-state index is 1.10. The molecule has 1 radical (unpaired) electrons. The topological polar surface area (TPSA) is 0 Å². The van der Waals surface area contributed by atoms with Crippen molar-refractivity contribution < 1.29 is 0 Å². The maximum atomic E-state index is 3.85. The van der Waals surface area contributed by atoms with E-state index in [9.17, 15) is 0 Å². The number of rotatable bonds is 4. The SMILES string of the molecule is [CH2]CCCCC1=CCCCC1. The molecule has 0 aliphatic heterocycles.